The molecular weight excluding hydrogens is 334 g/mol. The number of ether oxygens (including phenoxy) is 1. The van der Waals surface area contributed by atoms with E-state index in [0.29, 0.717) is 31.3 Å². The van der Waals surface area contributed by atoms with E-state index in [0.717, 1.165) is 22.9 Å². The molecule has 1 amide bonds. The van der Waals surface area contributed by atoms with E-state index in [4.69, 9.17) is 15.0 Å². The smallest absolute Gasteiger partial charge is 0.249 e. The molecule has 8 nitrogen and oxygen atoms in total. The molecular formula is C18H21N5O3. The molecule has 136 valence electrons. The monoisotopic (exact) mass is 355 g/mol. The highest BCUT2D eigenvalue weighted by atomic mass is 16.5. The van der Waals surface area contributed by atoms with Gasteiger partial charge in [-0.05, 0) is 18.1 Å². The van der Waals surface area contributed by atoms with Gasteiger partial charge in [0.1, 0.15) is 6.04 Å². The molecule has 2 aromatic heterocycles. The van der Waals surface area contributed by atoms with Crippen molar-refractivity contribution >= 4 is 16.8 Å². The molecule has 1 fully saturated rings. The lowest BCUT2D eigenvalue weighted by atomic mass is 10.0. The largest absolute Gasteiger partial charge is 0.381 e. The van der Waals surface area contributed by atoms with Crippen LogP contribution in [0.1, 0.15) is 35.7 Å². The first-order chi connectivity index (χ1) is 12.7. The van der Waals surface area contributed by atoms with Gasteiger partial charge in [-0.25, -0.2) is 0 Å². The van der Waals surface area contributed by atoms with Crippen molar-refractivity contribution in [3.63, 3.8) is 0 Å². The van der Waals surface area contributed by atoms with Crippen LogP contribution in [0.4, 0.5) is 0 Å². The van der Waals surface area contributed by atoms with E-state index in [9.17, 15) is 4.79 Å². The number of nitrogens with one attached hydrogen (secondary N) is 2. The zero-order valence-electron chi connectivity index (χ0n) is 14.3. The van der Waals surface area contributed by atoms with Crippen LogP contribution in [0.2, 0.25) is 0 Å². The van der Waals surface area contributed by atoms with Crippen LogP contribution in [-0.4, -0.2) is 40.8 Å². The average molecular weight is 355 g/mol. The van der Waals surface area contributed by atoms with Crippen LogP contribution in [0, 0.1) is 0 Å². The SMILES string of the molecule is NCC(=O)N[C@H](Cc1c[nH]c2ccccc12)c1nc(C2CCOC2)no1. The summed E-state index contributed by atoms with van der Waals surface area (Å²) in [5.74, 6) is 0.896. The zero-order chi connectivity index (χ0) is 17.9. The Morgan fingerprint density at radius 3 is 3.12 bits per heavy atom. The second-order valence-corrected chi connectivity index (χ2v) is 6.44. The Hall–Kier alpha value is -2.71. The van der Waals surface area contributed by atoms with E-state index in [1.54, 1.807) is 0 Å². The predicted molar refractivity (Wildman–Crippen MR) is 94.4 cm³/mol. The van der Waals surface area contributed by atoms with Crippen LogP contribution in [-0.2, 0) is 16.0 Å². The van der Waals surface area contributed by atoms with E-state index >= 15 is 0 Å². The molecule has 2 atom stereocenters. The summed E-state index contributed by atoms with van der Waals surface area (Å²) >= 11 is 0. The van der Waals surface area contributed by atoms with Gasteiger partial charge in [0.15, 0.2) is 5.82 Å². The standard InChI is InChI=1S/C18H21N5O3/c19-8-16(24)21-15(7-12-9-20-14-4-2-1-3-13(12)14)18-22-17(23-26-18)11-5-6-25-10-11/h1-4,9,11,15,20H,5-8,10,19H2,(H,21,24)/t11?,15-/m1/s1. The van der Waals surface area contributed by atoms with Gasteiger partial charge in [-0.2, -0.15) is 4.98 Å². The molecule has 1 aromatic carbocycles. The van der Waals surface area contributed by atoms with Gasteiger partial charge in [0.25, 0.3) is 0 Å². The predicted octanol–water partition coefficient (Wildman–Crippen LogP) is 1.41. The third kappa shape index (κ3) is 3.33. The first kappa shape index (κ1) is 16.7. The van der Waals surface area contributed by atoms with E-state index in [2.05, 4.69) is 20.4 Å². The molecule has 4 rings (SSSR count). The summed E-state index contributed by atoms with van der Waals surface area (Å²) in [5.41, 5.74) is 7.57. The van der Waals surface area contributed by atoms with Crippen molar-refractivity contribution < 1.29 is 14.1 Å². The molecule has 1 aliphatic heterocycles. The van der Waals surface area contributed by atoms with Gasteiger partial charge < -0.3 is 25.3 Å². The van der Waals surface area contributed by atoms with Crippen LogP contribution in [0.25, 0.3) is 10.9 Å². The number of aromatic amines is 1. The van der Waals surface area contributed by atoms with E-state index in [1.165, 1.54) is 0 Å². The number of carbonyl (C=O) groups is 1. The van der Waals surface area contributed by atoms with Gasteiger partial charge in [0.05, 0.1) is 13.2 Å². The van der Waals surface area contributed by atoms with Crippen molar-refractivity contribution in [3.8, 4) is 0 Å². The molecule has 0 aliphatic carbocycles. The highest BCUT2D eigenvalue weighted by Gasteiger charge is 2.27. The van der Waals surface area contributed by atoms with Crippen molar-refractivity contribution in [3.05, 3.63) is 47.7 Å². The van der Waals surface area contributed by atoms with Crippen LogP contribution in [0.15, 0.2) is 35.0 Å². The van der Waals surface area contributed by atoms with Crippen molar-refractivity contribution in [2.75, 3.05) is 19.8 Å². The second kappa shape index (κ2) is 7.27. The van der Waals surface area contributed by atoms with Gasteiger partial charge in [-0.15, -0.1) is 0 Å². The minimum Gasteiger partial charge on any atom is -0.381 e. The Morgan fingerprint density at radius 1 is 1.42 bits per heavy atom. The van der Waals surface area contributed by atoms with Crippen molar-refractivity contribution in [2.24, 2.45) is 5.73 Å². The number of nitrogens with two attached hydrogens (primary N) is 1. The number of H-pyrrole nitrogens is 1. The lowest BCUT2D eigenvalue weighted by Gasteiger charge is -2.14. The number of rotatable bonds is 6. The maximum Gasteiger partial charge on any atom is 0.249 e. The summed E-state index contributed by atoms with van der Waals surface area (Å²) in [6.07, 6.45) is 3.34. The minimum atomic E-state index is -0.436. The molecule has 1 unspecified atom stereocenters. The number of carbonyl (C=O) groups excluding carboxylic acids is 1. The molecule has 0 radical (unpaired) electrons. The Kier molecular flexibility index (Phi) is 4.68. The summed E-state index contributed by atoms with van der Waals surface area (Å²) in [6, 6.07) is 7.58. The van der Waals surface area contributed by atoms with E-state index in [1.807, 2.05) is 30.5 Å². The summed E-state index contributed by atoms with van der Waals surface area (Å²) in [4.78, 5) is 19.7. The zero-order valence-corrected chi connectivity index (χ0v) is 14.3. The summed E-state index contributed by atoms with van der Waals surface area (Å²) in [5, 5.41) is 8.07. The highest BCUT2D eigenvalue weighted by Crippen LogP contribution is 2.27. The summed E-state index contributed by atoms with van der Waals surface area (Å²) in [7, 11) is 0. The summed E-state index contributed by atoms with van der Waals surface area (Å²) < 4.78 is 10.8. The average Bonchev–Trinajstić information content (AvgIpc) is 3.41. The molecule has 26 heavy (non-hydrogen) atoms. The Morgan fingerprint density at radius 2 is 2.31 bits per heavy atom. The third-order valence-electron chi connectivity index (χ3n) is 4.67. The lowest BCUT2D eigenvalue weighted by molar-refractivity contribution is -0.120. The fourth-order valence-electron chi connectivity index (χ4n) is 3.27. The van der Waals surface area contributed by atoms with Gasteiger partial charge in [-0.1, -0.05) is 23.4 Å². The molecule has 3 heterocycles. The molecule has 1 aliphatic rings. The fourth-order valence-corrected chi connectivity index (χ4v) is 3.27. The number of hydrogen-bond acceptors (Lipinski definition) is 6. The number of fused-ring (bicyclic) bond motifs is 1. The Balaban J connectivity index is 1.60. The number of aromatic nitrogens is 3. The normalized spacial score (nSPS) is 18.3. The Bertz CT molecular complexity index is 897. The van der Waals surface area contributed by atoms with Crippen molar-refractivity contribution in [2.45, 2.75) is 24.8 Å². The number of nitrogens with zero attached hydrogens (tertiary/aromatic N) is 2. The fraction of sp³-hybridized carbons (Fsp3) is 0.389. The van der Waals surface area contributed by atoms with E-state index in [-0.39, 0.29) is 18.4 Å². The van der Waals surface area contributed by atoms with Crippen LogP contribution in [0.5, 0.6) is 0 Å². The number of amides is 1. The van der Waals surface area contributed by atoms with Gasteiger partial charge in [0.2, 0.25) is 11.8 Å². The van der Waals surface area contributed by atoms with Crippen LogP contribution in [0.3, 0.4) is 0 Å². The minimum absolute atomic E-state index is 0.0954. The number of hydrogen-bond donors (Lipinski definition) is 3. The van der Waals surface area contributed by atoms with Crippen LogP contribution >= 0.6 is 0 Å². The maximum atomic E-state index is 11.9. The van der Waals surface area contributed by atoms with Gasteiger partial charge >= 0.3 is 0 Å². The molecule has 8 heteroatoms. The highest BCUT2D eigenvalue weighted by molar-refractivity contribution is 5.83. The van der Waals surface area contributed by atoms with Crippen molar-refractivity contribution in [1.82, 2.24) is 20.4 Å². The molecule has 0 saturated carbocycles. The lowest BCUT2D eigenvalue weighted by Crippen LogP contribution is -2.35. The summed E-state index contributed by atoms with van der Waals surface area (Å²) in [6.45, 7) is 1.21. The van der Waals surface area contributed by atoms with Gasteiger partial charge in [-0.3, -0.25) is 4.79 Å². The van der Waals surface area contributed by atoms with Crippen molar-refractivity contribution in [1.29, 1.82) is 0 Å². The number of benzene rings is 1. The second-order valence-electron chi connectivity index (χ2n) is 6.44. The van der Waals surface area contributed by atoms with Crippen LogP contribution < -0.4 is 11.1 Å². The first-order valence-corrected chi connectivity index (χ1v) is 8.70. The molecule has 0 bridgehead atoms. The van der Waals surface area contributed by atoms with Gasteiger partial charge in [0, 0.05) is 36.0 Å². The molecule has 4 N–H and O–H groups in total. The Labute approximate surface area is 150 Å². The first-order valence-electron chi connectivity index (χ1n) is 8.70. The third-order valence-corrected chi connectivity index (χ3v) is 4.67. The molecule has 1 saturated heterocycles. The molecule has 0 spiro atoms. The topological polar surface area (TPSA) is 119 Å². The number of para-hydroxylation sites is 1. The molecule has 3 aromatic rings. The van der Waals surface area contributed by atoms with E-state index < -0.39 is 6.04 Å². The quantitative estimate of drug-likeness (QED) is 0.615. The maximum absolute atomic E-state index is 11.9.